The van der Waals surface area contributed by atoms with Crippen LogP contribution in [0, 0.1) is 6.92 Å². The number of aryl methyl sites for hydroxylation is 1. The molecule has 0 saturated carbocycles. The normalized spacial score (nSPS) is 15.7. The maximum absolute atomic E-state index is 13.2. The molecule has 0 aliphatic carbocycles. The first-order valence-electron chi connectivity index (χ1n) is 9.66. The van der Waals surface area contributed by atoms with Crippen LogP contribution >= 0.6 is 0 Å². The summed E-state index contributed by atoms with van der Waals surface area (Å²) >= 11 is 0. The minimum absolute atomic E-state index is 0.0698. The lowest BCUT2D eigenvalue weighted by Gasteiger charge is -2.38. The van der Waals surface area contributed by atoms with Crippen molar-refractivity contribution in [1.29, 1.82) is 0 Å². The minimum atomic E-state index is -0.410. The largest absolute Gasteiger partial charge is 0.450 e. The second-order valence-electron chi connectivity index (χ2n) is 6.89. The molecule has 2 aromatic carbocycles. The maximum Gasteiger partial charge on any atom is 0.409 e. The minimum Gasteiger partial charge on any atom is -0.450 e. The molecule has 0 aromatic heterocycles. The number of piperazine rings is 1. The Morgan fingerprint density at radius 1 is 1.00 bits per heavy atom. The van der Waals surface area contributed by atoms with E-state index in [1.807, 2.05) is 61.5 Å². The maximum atomic E-state index is 13.2. The SMILES string of the molecule is CCOC(=O)N1CCN(C(C(=O)Nc2ccc(C)cc2)c2ccccc2)CC1. The van der Waals surface area contributed by atoms with Gasteiger partial charge in [-0.2, -0.15) is 0 Å². The summed E-state index contributed by atoms with van der Waals surface area (Å²) in [6, 6.07) is 17.1. The van der Waals surface area contributed by atoms with Crippen LogP contribution < -0.4 is 5.32 Å². The standard InChI is InChI=1S/C22H27N3O3/c1-3-28-22(27)25-15-13-24(14-16-25)20(18-7-5-4-6-8-18)21(26)23-19-11-9-17(2)10-12-19/h4-12,20H,3,13-16H2,1-2H3,(H,23,26). The van der Waals surface area contributed by atoms with Crippen LogP contribution in [0.25, 0.3) is 0 Å². The van der Waals surface area contributed by atoms with Gasteiger partial charge in [0.05, 0.1) is 6.61 Å². The molecule has 6 nitrogen and oxygen atoms in total. The third-order valence-corrected chi connectivity index (χ3v) is 4.89. The Balaban J connectivity index is 1.74. The van der Waals surface area contributed by atoms with Crippen LogP contribution in [0.4, 0.5) is 10.5 Å². The Bertz CT molecular complexity index is 784. The monoisotopic (exact) mass is 381 g/mol. The van der Waals surface area contributed by atoms with Crippen molar-refractivity contribution in [1.82, 2.24) is 9.80 Å². The molecule has 6 heteroatoms. The molecule has 3 rings (SSSR count). The van der Waals surface area contributed by atoms with Gasteiger partial charge >= 0.3 is 6.09 Å². The summed E-state index contributed by atoms with van der Waals surface area (Å²) in [5.74, 6) is -0.0698. The van der Waals surface area contributed by atoms with Gasteiger partial charge in [-0.1, -0.05) is 48.0 Å². The zero-order valence-corrected chi connectivity index (χ0v) is 16.4. The molecule has 1 atom stereocenters. The van der Waals surface area contributed by atoms with Crippen LogP contribution in [0.3, 0.4) is 0 Å². The molecule has 1 fully saturated rings. The number of hydrogen-bond donors (Lipinski definition) is 1. The number of carbonyl (C=O) groups is 2. The Labute approximate surface area is 166 Å². The van der Waals surface area contributed by atoms with Crippen molar-refractivity contribution in [3.63, 3.8) is 0 Å². The summed E-state index contributed by atoms with van der Waals surface area (Å²) in [6.45, 7) is 6.49. The lowest BCUT2D eigenvalue weighted by Crippen LogP contribution is -2.51. The molecule has 1 saturated heterocycles. The first kappa shape index (κ1) is 19.9. The molecule has 1 N–H and O–H groups in total. The molecule has 148 valence electrons. The van der Waals surface area contributed by atoms with Gasteiger partial charge in [0.15, 0.2) is 0 Å². The number of amides is 2. The third-order valence-electron chi connectivity index (χ3n) is 4.89. The average molecular weight is 381 g/mol. The van der Waals surface area contributed by atoms with Crippen molar-refractivity contribution < 1.29 is 14.3 Å². The fraction of sp³-hybridized carbons (Fsp3) is 0.364. The number of nitrogens with one attached hydrogen (secondary N) is 1. The first-order valence-corrected chi connectivity index (χ1v) is 9.66. The predicted octanol–water partition coefficient (Wildman–Crippen LogP) is 3.45. The molecule has 0 bridgehead atoms. The van der Waals surface area contributed by atoms with Gasteiger partial charge in [0.1, 0.15) is 6.04 Å². The van der Waals surface area contributed by atoms with E-state index in [1.165, 1.54) is 0 Å². The van der Waals surface area contributed by atoms with Gasteiger partial charge in [-0.3, -0.25) is 9.69 Å². The zero-order valence-electron chi connectivity index (χ0n) is 16.4. The van der Waals surface area contributed by atoms with Crippen molar-refractivity contribution in [2.24, 2.45) is 0 Å². The molecule has 1 aliphatic heterocycles. The van der Waals surface area contributed by atoms with E-state index in [-0.39, 0.29) is 12.0 Å². The quantitative estimate of drug-likeness (QED) is 0.862. The van der Waals surface area contributed by atoms with Crippen molar-refractivity contribution in [3.05, 3.63) is 65.7 Å². The molecular formula is C22H27N3O3. The number of rotatable bonds is 5. The van der Waals surface area contributed by atoms with E-state index in [0.717, 1.165) is 16.8 Å². The highest BCUT2D eigenvalue weighted by Gasteiger charge is 2.32. The Hall–Kier alpha value is -2.86. The first-order chi connectivity index (χ1) is 13.6. The Kier molecular flexibility index (Phi) is 6.66. The van der Waals surface area contributed by atoms with Gasteiger partial charge in [0, 0.05) is 31.9 Å². The highest BCUT2D eigenvalue weighted by atomic mass is 16.6. The average Bonchev–Trinajstić information content (AvgIpc) is 2.71. The Morgan fingerprint density at radius 2 is 1.64 bits per heavy atom. The molecule has 28 heavy (non-hydrogen) atoms. The molecule has 0 radical (unpaired) electrons. The van der Waals surface area contributed by atoms with E-state index in [4.69, 9.17) is 4.74 Å². The van der Waals surface area contributed by atoms with Crippen LogP contribution in [0.2, 0.25) is 0 Å². The van der Waals surface area contributed by atoms with Crippen LogP contribution in [-0.2, 0) is 9.53 Å². The van der Waals surface area contributed by atoms with Gasteiger partial charge in [-0.15, -0.1) is 0 Å². The molecule has 1 aliphatic rings. The van der Waals surface area contributed by atoms with E-state index < -0.39 is 6.04 Å². The summed E-state index contributed by atoms with van der Waals surface area (Å²) in [6.07, 6.45) is -0.289. The van der Waals surface area contributed by atoms with Crippen molar-refractivity contribution in [3.8, 4) is 0 Å². The van der Waals surface area contributed by atoms with Gasteiger partial charge in [0.25, 0.3) is 0 Å². The van der Waals surface area contributed by atoms with Crippen molar-refractivity contribution >= 4 is 17.7 Å². The number of ether oxygens (including phenoxy) is 1. The van der Waals surface area contributed by atoms with Crippen LogP contribution in [0.1, 0.15) is 24.1 Å². The van der Waals surface area contributed by atoms with E-state index in [1.54, 1.807) is 11.8 Å². The number of hydrogen-bond acceptors (Lipinski definition) is 4. The fourth-order valence-electron chi connectivity index (χ4n) is 3.39. The van der Waals surface area contributed by atoms with Crippen LogP contribution in [0.5, 0.6) is 0 Å². The van der Waals surface area contributed by atoms with E-state index in [0.29, 0.717) is 32.8 Å². The van der Waals surface area contributed by atoms with Crippen LogP contribution in [0.15, 0.2) is 54.6 Å². The Morgan fingerprint density at radius 3 is 2.25 bits per heavy atom. The lowest BCUT2D eigenvalue weighted by atomic mass is 10.0. The topological polar surface area (TPSA) is 61.9 Å². The molecular weight excluding hydrogens is 354 g/mol. The summed E-state index contributed by atoms with van der Waals surface area (Å²) in [7, 11) is 0. The summed E-state index contributed by atoms with van der Waals surface area (Å²) in [5, 5.41) is 3.03. The number of nitrogens with zero attached hydrogens (tertiary/aromatic N) is 2. The summed E-state index contributed by atoms with van der Waals surface area (Å²) < 4.78 is 5.09. The van der Waals surface area contributed by atoms with Gasteiger partial charge < -0.3 is 15.0 Å². The highest BCUT2D eigenvalue weighted by molar-refractivity contribution is 5.95. The van der Waals surface area contributed by atoms with Gasteiger partial charge in [0.2, 0.25) is 5.91 Å². The predicted molar refractivity (Wildman–Crippen MR) is 109 cm³/mol. The number of carbonyl (C=O) groups excluding carboxylic acids is 2. The fourth-order valence-corrected chi connectivity index (χ4v) is 3.39. The number of benzene rings is 2. The lowest BCUT2D eigenvalue weighted by molar-refractivity contribution is -0.122. The summed E-state index contributed by atoms with van der Waals surface area (Å²) in [4.78, 5) is 28.9. The number of anilines is 1. The molecule has 1 unspecified atom stereocenters. The van der Waals surface area contributed by atoms with Crippen LogP contribution in [-0.4, -0.2) is 54.6 Å². The van der Waals surface area contributed by atoms with E-state index in [2.05, 4.69) is 10.2 Å². The zero-order chi connectivity index (χ0) is 19.9. The molecule has 2 aromatic rings. The van der Waals surface area contributed by atoms with Crippen molar-refractivity contribution in [2.75, 3.05) is 38.1 Å². The molecule has 0 spiro atoms. The second kappa shape index (κ2) is 9.37. The van der Waals surface area contributed by atoms with E-state index >= 15 is 0 Å². The van der Waals surface area contributed by atoms with E-state index in [9.17, 15) is 9.59 Å². The smallest absolute Gasteiger partial charge is 0.409 e. The van der Waals surface area contributed by atoms with Crippen molar-refractivity contribution in [2.45, 2.75) is 19.9 Å². The third kappa shape index (κ3) is 4.89. The molecule has 2 amide bonds. The van der Waals surface area contributed by atoms with Gasteiger partial charge in [-0.05, 0) is 31.5 Å². The van der Waals surface area contributed by atoms with Gasteiger partial charge in [-0.25, -0.2) is 4.79 Å². The highest BCUT2D eigenvalue weighted by Crippen LogP contribution is 2.24. The molecule has 1 heterocycles. The second-order valence-corrected chi connectivity index (χ2v) is 6.89. The summed E-state index contributed by atoms with van der Waals surface area (Å²) in [5.41, 5.74) is 2.87.